The van der Waals surface area contributed by atoms with Gasteiger partial charge in [-0.1, -0.05) is 0 Å². The molecule has 73 valence electrons. The van der Waals surface area contributed by atoms with E-state index in [4.69, 9.17) is 15.5 Å². The second-order valence-corrected chi connectivity index (χ2v) is 2.55. The number of hydrogen-bond acceptors (Lipinski definition) is 4. The van der Waals surface area contributed by atoms with Crippen LogP contribution < -0.4 is 10.4 Å². The van der Waals surface area contributed by atoms with E-state index < -0.39 is 5.97 Å². The first kappa shape index (κ1) is 10.4. The van der Waals surface area contributed by atoms with Gasteiger partial charge < -0.3 is 20.1 Å². The van der Waals surface area contributed by atoms with Gasteiger partial charge in [-0.25, -0.2) is 4.79 Å². The summed E-state index contributed by atoms with van der Waals surface area (Å²) in [5.74, 6) is -0.733. The van der Waals surface area contributed by atoms with Gasteiger partial charge in [-0.3, -0.25) is 0 Å². The highest BCUT2D eigenvalue weighted by atomic mass is 16.6. The summed E-state index contributed by atoms with van der Waals surface area (Å²) in [4.78, 5) is 10.6. The summed E-state index contributed by atoms with van der Waals surface area (Å²) in [7, 11) is 2.50. The zero-order chi connectivity index (χ0) is 10.6. The smallest absolute Gasteiger partial charge is 0.537 e. The zero-order valence-electron chi connectivity index (χ0n) is 7.56. The molecule has 0 saturated carbocycles. The van der Waals surface area contributed by atoms with E-state index in [1.54, 1.807) is 0 Å². The number of nitrogen functional groups attached to an aromatic ring is 1. The average Bonchev–Trinajstić information content (AvgIpc) is 2.14. The van der Waals surface area contributed by atoms with E-state index in [-0.39, 0.29) is 5.56 Å². The van der Waals surface area contributed by atoms with E-state index in [0.29, 0.717) is 11.4 Å². The van der Waals surface area contributed by atoms with Crippen molar-refractivity contribution in [3.63, 3.8) is 0 Å². The Balaban J connectivity index is 2.89. The maximum absolute atomic E-state index is 10.6. The van der Waals surface area contributed by atoms with Gasteiger partial charge in [-0.05, 0) is 12.1 Å². The van der Waals surface area contributed by atoms with Crippen molar-refractivity contribution in [1.29, 1.82) is 0 Å². The molecule has 3 N–H and O–H groups in total. The van der Waals surface area contributed by atoms with Gasteiger partial charge in [0.05, 0.1) is 5.56 Å². The Hall–Kier alpha value is -1.69. The zero-order valence-corrected chi connectivity index (χ0v) is 7.56. The number of aromatic carboxylic acids is 1. The van der Waals surface area contributed by atoms with E-state index in [1.165, 1.54) is 25.3 Å². The Morgan fingerprint density at radius 2 is 2.21 bits per heavy atom. The lowest BCUT2D eigenvalue weighted by atomic mass is 10.2. The monoisotopic (exact) mass is 194 g/mol. The number of carboxylic acids is 1. The van der Waals surface area contributed by atoms with Crippen LogP contribution in [0.4, 0.5) is 5.69 Å². The standard InChI is InChI=1S/C8H9BNO4/c1-13-9-14-7-3-5(8(11)12)2-6(10)4-7/h2-4H,10H2,1H3,(H,11,12). The predicted molar refractivity (Wildman–Crippen MR) is 51.2 cm³/mol. The fourth-order valence-electron chi connectivity index (χ4n) is 0.917. The van der Waals surface area contributed by atoms with Crippen LogP contribution in [0.25, 0.3) is 0 Å². The quantitative estimate of drug-likeness (QED) is 0.539. The van der Waals surface area contributed by atoms with E-state index in [0.717, 1.165) is 7.69 Å². The van der Waals surface area contributed by atoms with Gasteiger partial charge in [0, 0.05) is 18.9 Å². The predicted octanol–water partition coefficient (Wildman–Crippen LogP) is 0.526. The Labute approximate surface area is 81.7 Å². The van der Waals surface area contributed by atoms with Crippen LogP contribution in [0.1, 0.15) is 10.4 Å². The number of rotatable bonds is 4. The third kappa shape index (κ3) is 2.67. The van der Waals surface area contributed by atoms with Crippen molar-refractivity contribution in [1.82, 2.24) is 0 Å². The number of benzene rings is 1. The van der Waals surface area contributed by atoms with Crippen LogP contribution in [0, 0.1) is 0 Å². The highest BCUT2D eigenvalue weighted by Gasteiger charge is 2.06. The topological polar surface area (TPSA) is 81.8 Å². The lowest BCUT2D eigenvalue weighted by molar-refractivity contribution is 0.0696. The van der Waals surface area contributed by atoms with E-state index in [1.807, 2.05) is 0 Å². The molecule has 0 unspecified atom stereocenters. The third-order valence-electron chi connectivity index (χ3n) is 1.46. The van der Waals surface area contributed by atoms with Gasteiger partial charge in [0.25, 0.3) is 0 Å². The van der Waals surface area contributed by atoms with Crippen molar-refractivity contribution in [3.8, 4) is 5.75 Å². The van der Waals surface area contributed by atoms with Gasteiger partial charge in [0.2, 0.25) is 0 Å². The molecule has 0 aliphatic rings. The normalized spacial score (nSPS) is 9.50. The van der Waals surface area contributed by atoms with Crippen LogP contribution >= 0.6 is 0 Å². The van der Waals surface area contributed by atoms with Crippen molar-refractivity contribution < 1.29 is 19.2 Å². The first-order valence-electron chi connectivity index (χ1n) is 3.78. The molecule has 0 aliphatic carbocycles. The maximum Gasteiger partial charge on any atom is 0.572 e. The Bertz CT molecular complexity index is 342. The van der Waals surface area contributed by atoms with Crippen LogP contribution in [0.2, 0.25) is 0 Å². The second kappa shape index (κ2) is 4.52. The molecule has 1 aromatic rings. The first-order valence-corrected chi connectivity index (χ1v) is 3.78. The average molecular weight is 194 g/mol. The highest BCUT2D eigenvalue weighted by molar-refractivity contribution is 6.19. The molecule has 0 saturated heterocycles. The Morgan fingerprint density at radius 3 is 2.79 bits per heavy atom. The van der Waals surface area contributed by atoms with Crippen LogP contribution in [0.5, 0.6) is 5.75 Å². The number of carboxylic acid groups (broad SMARTS) is 1. The van der Waals surface area contributed by atoms with Crippen LogP contribution in [0.3, 0.4) is 0 Å². The lowest BCUT2D eigenvalue weighted by Crippen LogP contribution is -2.06. The molecular formula is C8H9BNO4. The molecule has 14 heavy (non-hydrogen) atoms. The molecule has 0 amide bonds. The van der Waals surface area contributed by atoms with Gasteiger partial charge in [-0.2, -0.15) is 0 Å². The first-order chi connectivity index (χ1) is 6.63. The number of carbonyl (C=O) groups is 1. The van der Waals surface area contributed by atoms with Gasteiger partial charge in [0.1, 0.15) is 5.75 Å². The fourth-order valence-corrected chi connectivity index (χ4v) is 0.917. The van der Waals surface area contributed by atoms with E-state index in [2.05, 4.69) is 4.65 Å². The summed E-state index contributed by atoms with van der Waals surface area (Å²) < 4.78 is 9.49. The Kier molecular flexibility index (Phi) is 3.36. The molecule has 0 spiro atoms. The van der Waals surface area contributed by atoms with Gasteiger partial charge in [-0.15, -0.1) is 0 Å². The summed E-state index contributed by atoms with van der Waals surface area (Å²) in [5.41, 5.74) is 5.87. The minimum atomic E-state index is -1.06. The highest BCUT2D eigenvalue weighted by Crippen LogP contribution is 2.18. The minimum absolute atomic E-state index is 0.0736. The molecular weight excluding hydrogens is 185 g/mol. The van der Waals surface area contributed by atoms with Crippen LogP contribution in [0.15, 0.2) is 18.2 Å². The van der Waals surface area contributed by atoms with Crippen LogP contribution in [-0.2, 0) is 4.65 Å². The number of nitrogens with two attached hydrogens (primary N) is 1. The summed E-state index contributed by atoms with van der Waals surface area (Å²) in [6.45, 7) is 0. The van der Waals surface area contributed by atoms with Crippen molar-refractivity contribution in [2.24, 2.45) is 0 Å². The van der Waals surface area contributed by atoms with Crippen molar-refractivity contribution >= 4 is 19.3 Å². The molecule has 0 fully saturated rings. The third-order valence-corrected chi connectivity index (χ3v) is 1.46. The summed E-state index contributed by atoms with van der Waals surface area (Å²) in [6, 6.07) is 4.21. The molecule has 1 aromatic carbocycles. The second-order valence-electron chi connectivity index (χ2n) is 2.55. The molecule has 1 radical (unpaired) electrons. The van der Waals surface area contributed by atoms with Gasteiger partial charge in [0.15, 0.2) is 0 Å². The molecule has 0 atom stereocenters. The van der Waals surface area contributed by atoms with Crippen molar-refractivity contribution in [2.45, 2.75) is 0 Å². The number of hydrogen-bond donors (Lipinski definition) is 2. The molecule has 1 rings (SSSR count). The molecule has 5 nitrogen and oxygen atoms in total. The van der Waals surface area contributed by atoms with Crippen LogP contribution in [-0.4, -0.2) is 25.9 Å². The summed E-state index contributed by atoms with van der Waals surface area (Å²) >= 11 is 0. The lowest BCUT2D eigenvalue weighted by Gasteiger charge is -2.05. The maximum atomic E-state index is 10.6. The largest absolute Gasteiger partial charge is 0.572 e. The SMILES string of the molecule is CO[B]Oc1cc(N)cc(C(=O)O)c1. The Morgan fingerprint density at radius 1 is 1.50 bits per heavy atom. The summed E-state index contributed by atoms with van der Waals surface area (Å²) in [6.07, 6.45) is 0. The summed E-state index contributed by atoms with van der Waals surface area (Å²) in [5, 5.41) is 8.71. The molecule has 0 bridgehead atoms. The molecule has 6 heteroatoms. The van der Waals surface area contributed by atoms with E-state index >= 15 is 0 Å². The van der Waals surface area contributed by atoms with Crippen molar-refractivity contribution in [3.05, 3.63) is 23.8 Å². The van der Waals surface area contributed by atoms with Crippen molar-refractivity contribution in [2.75, 3.05) is 12.8 Å². The van der Waals surface area contributed by atoms with E-state index in [9.17, 15) is 4.79 Å². The molecule has 0 heterocycles. The number of anilines is 1. The molecule has 0 aliphatic heterocycles. The minimum Gasteiger partial charge on any atom is -0.537 e. The molecule has 0 aromatic heterocycles. The fraction of sp³-hybridized carbons (Fsp3) is 0.125. The van der Waals surface area contributed by atoms with Gasteiger partial charge >= 0.3 is 13.7 Å².